The van der Waals surface area contributed by atoms with Crippen molar-refractivity contribution in [2.75, 3.05) is 6.54 Å². The van der Waals surface area contributed by atoms with E-state index >= 15 is 0 Å². The van der Waals surface area contributed by atoms with Crippen LogP contribution >= 0.6 is 0 Å². The van der Waals surface area contributed by atoms with Crippen LogP contribution in [0.2, 0.25) is 0 Å². The molecule has 0 aromatic carbocycles. The minimum absolute atomic E-state index is 0.196. The van der Waals surface area contributed by atoms with Crippen molar-refractivity contribution in [2.45, 2.75) is 39.7 Å². The number of aryl methyl sites for hydroxylation is 2. The summed E-state index contributed by atoms with van der Waals surface area (Å²) in [6.45, 7) is 4.53. The zero-order valence-corrected chi connectivity index (χ0v) is 13.6. The third-order valence-corrected chi connectivity index (χ3v) is 4.27. The molecule has 0 aliphatic heterocycles. The minimum atomic E-state index is -0.537. The maximum absolute atomic E-state index is 12.3. The Labute approximate surface area is 138 Å². The molecule has 0 saturated heterocycles. The van der Waals surface area contributed by atoms with E-state index in [2.05, 4.69) is 22.5 Å². The third-order valence-electron chi connectivity index (χ3n) is 4.27. The van der Waals surface area contributed by atoms with Crippen LogP contribution in [0.25, 0.3) is 0 Å². The first kappa shape index (κ1) is 16.2. The Kier molecular flexibility index (Phi) is 4.32. The van der Waals surface area contributed by atoms with Crippen LogP contribution in [0.5, 0.6) is 0 Å². The molecule has 128 valence electrons. The largest absolute Gasteiger partial charge is 0.390 e. The average molecular weight is 333 g/mol. The molecule has 1 aliphatic rings. The lowest BCUT2D eigenvalue weighted by molar-refractivity contribution is -0.389. The van der Waals surface area contributed by atoms with Gasteiger partial charge >= 0.3 is 5.82 Å². The van der Waals surface area contributed by atoms with Gasteiger partial charge in [-0.25, -0.2) is 0 Å². The summed E-state index contributed by atoms with van der Waals surface area (Å²) >= 11 is 0. The fourth-order valence-electron chi connectivity index (χ4n) is 2.92. The van der Waals surface area contributed by atoms with Gasteiger partial charge in [-0.15, -0.1) is 0 Å². The highest BCUT2D eigenvalue weighted by molar-refractivity contribution is 5.93. The maximum Gasteiger partial charge on any atom is 0.390 e. The molecule has 0 spiro atoms. The number of nitro groups is 1. The summed E-state index contributed by atoms with van der Waals surface area (Å²) in [5, 5.41) is 21.3. The summed E-state index contributed by atoms with van der Waals surface area (Å²) < 4.78 is 6.77. The first-order valence-electron chi connectivity index (χ1n) is 7.90. The molecule has 0 fully saturated rings. The summed E-state index contributed by atoms with van der Waals surface area (Å²) in [5.74, 6) is 0.833. The van der Waals surface area contributed by atoms with E-state index in [1.165, 1.54) is 10.7 Å². The van der Waals surface area contributed by atoms with E-state index in [9.17, 15) is 14.9 Å². The number of rotatable bonds is 5. The van der Waals surface area contributed by atoms with E-state index in [1.807, 2.05) is 0 Å². The summed E-state index contributed by atoms with van der Waals surface area (Å²) in [6, 6.07) is 1.40. The van der Waals surface area contributed by atoms with Gasteiger partial charge in [0.15, 0.2) is 5.69 Å². The molecule has 9 heteroatoms. The second kappa shape index (κ2) is 6.42. The van der Waals surface area contributed by atoms with E-state index in [4.69, 9.17) is 4.52 Å². The normalized spacial score (nSPS) is 16.7. The molecule has 0 saturated carbocycles. The van der Waals surface area contributed by atoms with Crippen molar-refractivity contribution in [3.8, 4) is 0 Å². The Bertz CT molecular complexity index is 779. The van der Waals surface area contributed by atoms with Gasteiger partial charge in [0, 0.05) is 18.5 Å². The number of aromatic nitrogens is 3. The Balaban J connectivity index is 1.61. The van der Waals surface area contributed by atoms with Crippen molar-refractivity contribution >= 4 is 11.7 Å². The van der Waals surface area contributed by atoms with Crippen molar-refractivity contribution < 1.29 is 14.2 Å². The van der Waals surface area contributed by atoms with Crippen LogP contribution in [-0.4, -0.2) is 32.3 Å². The fourth-order valence-corrected chi connectivity index (χ4v) is 2.92. The Morgan fingerprint density at radius 2 is 2.38 bits per heavy atom. The van der Waals surface area contributed by atoms with Crippen molar-refractivity contribution in [2.24, 2.45) is 5.92 Å². The van der Waals surface area contributed by atoms with E-state index in [0.29, 0.717) is 30.4 Å². The topological polar surface area (TPSA) is 116 Å². The van der Waals surface area contributed by atoms with E-state index < -0.39 is 4.92 Å². The lowest BCUT2D eigenvalue weighted by atomic mass is 9.88. The number of nitrogens with one attached hydrogen (secondary N) is 1. The van der Waals surface area contributed by atoms with Crippen LogP contribution in [0.15, 0.2) is 10.6 Å². The summed E-state index contributed by atoms with van der Waals surface area (Å²) in [4.78, 5) is 22.5. The molecule has 24 heavy (non-hydrogen) atoms. The van der Waals surface area contributed by atoms with E-state index in [-0.39, 0.29) is 11.7 Å². The van der Waals surface area contributed by atoms with Gasteiger partial charge in [-0.3, -0.25) is 4.79 Å². The molecule has 9 nitrogen and oxygen atoms in total. The predicted octanol–water partition coefficient (Wildman–Crippen LogP) is 1.64. The van der Waals surface area contributed by atoms with Gasteiger partial charge in [0.05, 0.1) is 23.4 Å². The van der Waals surface area contributed by atoms with Crippen LogP contribution in [0.1, 0.15) is 40.9 Å². The molecule has 2 heterocycles. The van der Waals surface area contributed by atoms with Gasteiger partial charge in [-0.05, 0) is 30.6 Å². The fraction of sp³-hybridized carbons (Fsp3) is 0.533. The number of hydrogen-bond donors (Lipinski definition) is 1. The van der Waals surface area contributed by atoms with Crippen molar-refractivity contribution in [3.05, 3.63) is 38.9 Å². The molecule has 1 atom stereocenters. The second-order valence-electron chi connectivity index (χ2n) is 6.16. The van der Waals surface area contributed by atoms with Crippen molar-refractivity contribution in [1.82, 2.24) is 20.3 Å². The highest BCUT2D eigenvalue weighted by Gasteiger charge is 2.26. The van der Waals surface area contributed by atoms with Gasteiger partial charge in [0.1, 0.15) is 5.76 Å². The zero-order valence-electron chi connectivity index (χ0n) is 13.6. The molecule has 1 N–H and O–H groups in total. The SMILES string of the molecule is Cc1cc([N+](=O)[O-])nn1CCNC(=O)c1noc2c1CC(C)CC2. The number of carbonyl (C=O) groups is 1. The van der Waals surface area contributed by atoms with Crippen LogP contribution in [0.3, 0.4) is 0 Å². The minimum Gasteiger partial charge on any atom is -0.360 e. The highest BCUT2D eigenvalue weighted by Crippen LogP contribution is 2.27. The number of nitrogens with zero attached hydrogens (tertiary/aromatic N) is 4. The first-order chi connectivity index (χ1) is 11.5. The smallest absolute Gasteiger partial charge is 0.360 e. The van der Waals surface area contributed by atoms with Gasteiger partial charge in [0.2, 0.25) is 0 Å². The van der Waals surface area contributed by atoms with Crippen LogP contribution < -0.4 is 5.32 Å². The summed E-state index contributed by atoms with van der Waals surface area (Å²) in [7, 11) is 0. The molecule has 2 aromatic rings. The Hall–Kier alpha value is -2.71. The zero-order chi connectivity index (χ0) is 17.3. The van der Waals surface area contributed by atoms with Crippen LogP contribution in [-0.2, 0) is 19.4 Å². The van der Waals surface area contributed by atoms with Crippen LogP contribution in [0.4, 0.5) is 5.82 Å². The van der Waals surface area contributed by atoms with Crippen molar-refractivity contribution in [1.29, 1.82) is 0 Å². The Morgan fingerprint density at radius 3 is 3.08 bits per heavy atom. The molecule has 1 aliphatic carbocycles. The third kappa shape index (κ3) is 3.15. The van der Waals surface area contributed by atoms with Gasteiger partial charge in [-0.2, -0.15) is 4.68 Å². The molecule has 1 unspecified atom stereocenters. The molecule has 1 amide bonds. The number of amides is 1. The monoisotopic (exact) mass is 333 g/mol. The van der Waals surface area contributed by atoms with Gasteiger partial charge in [0.25, 0.3) is 5.91 Å². The number of carbonyl (C=O) groups excluding carboxylic acids is 1. The van der Waals surface area contributed by atoms with Gasteiger partial charge < -0.3 is 20.0 Å². The summed E-state index contributed by atoms with van der Waals surface area (Å²) in [5.41, 5.74) is 1.92. The van der Waals surface area contributed by atoms with Gasteiger partial charge in [-0.1, -0.05) is 12.1 Å². The lowest BCUT2D eigenvalue weighted by Crippen LogP contribution is -2.29. The average Bonchev–Trinajstić information content (AvgIpc) is 3.11. The lowest BCUT2D eigenvalue weighted by Gasteiger charge is -2.16. The Morgan fingerprint density at radius 1 is 1.58 bits per heavy atom. The second-order valence-corrected chi connectivity index (χ2v) is 6.16. The van der Waals surface area contributed by atoms with E-state index in [0.717, 1.165) is 30.6 Å². The van der Waals surface area contributed by atoms with Crippen LogP contribution in [0, 0.1) is 23.0 Å². The molecular weight excluding hydrogens is 314 g/mol. The molecule has 2 aromatic heterocycles. The number of fused-ring (bicyclic) bond motifs is 1. The first-order valence-corrected chi connectivity index (χ1v) is 7.90. The predicted molar refractivity (Wildman–Crippen MR) is 83.6 cm³/mol. The maximum atomic E-state index is 12.3. The molecular formula is C15H19N5O4. The summed E-state index contributed by atoms with van der Waals surface area (Å²) in [6.07, 6.45) is 2.65. The van der Waals surface area contributed by atoms with E-state index in [1.54, 1.807) is 6.92 Å². The molecule has 0 radical (unpaired) electrons. The standard InChI is InChI=1S/C15H19N5O4/c1-9-3-4-12-11(7-9)14(18-24-12)15(21)16-5-6-19-10(2)8-13(17-19)20(22)23/h8-9H,3-7H2,1-2H3,(H,16,21). The molecule has 3 rings (SSSR count). The molecule has 0 bridgehead atoms. The highest BCUT2D eigenvalue weighted by atomic mass is 16.6. The van der Waals surface area contributed by atoms with Crippen molar-refractivity contribution in [3.63, 3.8) is 0 Å². The number of hydrogen-bond acceptors (Lipinski definition) is 6. The quantitative estimate of drug-likeness (QED) is 0.657.